The lowest BCUT2D eigenvalue weighted by Crippen LogP contribution is -2.26. The number of terminal acetylenes is 1. The fourth-order valence-corrected chi connectivity index (χ4v) is 3.48. The van der Waals surface area contributed by atoms with Crippen LogP contribution in [0.5, 0.6) is 11.5 Å². The van der Waals surface area contributed by atoms with Crippen LogP contribution in [0.3, 0.4) is 0 Å². The van der Waals surface area contributed by atoms with E-state index in [4.69, 9.17) is 15.9 Å². The molecule has 7 nitrogen and oxygen atoms in total. The molecule has 0 aliphatic rings. The van der Waals surface area contributed by atoms with E-state index in [1.54, 1.807) is 49.3 Å². The number of rotatable bonds is 7. The van der Waals surface area contributed by atoms with E-state index in [1.807, 2.05) is 23.6 Å². The monoisotopic (exact) mass is 434 g/mol. The van der Waals surface area contributed by atoms with Gasteiger partial charge < -0.3 is 24.7 Å². The van der Waals surface area contributed by atoms with Gasteiger partial charge in [-0.15, -0.1) is 17.8 Å². The van der Waals surface area contributed by atoms with Crippen molar-refractivity contribution in [2.24, 2.45) is 7.05 Å². The molecule has 2 N–H and O–H groups in total. The van der Waals surface area contributed by atoms with Crippen molar-refractivity contribution in [2.45, 2.75) is 6.54 Å². The maximum atomic E-state index is 12.7. The molecule has 0 spiro atoms. The number of amides is 1. The molecule has 0 aliphatic carbocycles. The molecule has 2 aromatic heterocycles. The number of ether oxygens (including phenoxy) is 2. The summed E-state index contributed by atoms with van der Waals surface area (Å²) in [5, 5.41) is 7.91. The standard InChI is InChI=1S/C23H22N4O3S/c1-5-12-24-23(28)21-22(25-15-17-7-6-13-31-17)26-20(27(21)2)11-9-16-8-10-18(29-3)19(14-16)30-4/h1,6-8,10,13-14,25H,12,15H2,2-4H3,(H,24,28). The van der Waals surface area contributed by atoms with Crippen LogP contribution in [0, 0.1) is 24.2 Å². The Morgan fingerprint density at radius 2 is 2.03 bits per heavy atom. The number of carbonyl (C=O) groups excluding carboxylic acids is 1. The Morgan fingerprint density at radius 1 is 1.23 bits per heavy atom. The number of hydrogen-bond acceptors (Lipinski definition) is 6. The minimum atomic E-state index is -0.319. The summed E-state index contributed by atoms with van der Waals surface area (Å²) in [4.78, 5) is 18.3. The Kier molecular flexibility index (Phi) is 7.21. The number of methoxy groups -OCH3 is 2. The molecular formula is C23H22N4O3S. The number of anilines is 1. The number of imidazole rings is 1. The van der Waals surface area contributed by atoms with Crippen LogP contribution < -0.4 is 20.1 Å². The predicted octanol–water partition coefficient (Wildman–Crippen LogP) is 2.87. The second kappa shape index (κ2) is 10.2. The summed E-state index contributed by atoms with van der Waals surface area (Å²) >= 11 is 1.62. The predicted molar refractivity (Wildman–Crippen MR) is 122 cm³/mol. The first-order valence-corrected chi connectivity index (χ1v) is 10.2. The van der Waals surface area contributed by atoms with Gasteiger partial charge in [-0.2, -0.15) is 0 Å². The van der Waals surface area contributed by atoms with Gasteiger partial charge >= 0.3 is 0 Å². The summed E-state index contributed by atoms with van der Waals surface area (Å²) in [5.74, 6) is 10.3. The number of nitrogens with zero attached hydrogens (tertiary/aromatic N) is 2. The van der Waals surface area contributed by atoms with Crippen molar-refractivity contribution < 1.29 is 14.3 Å². The van der Waals surface area contributed by atoms with E-state index in [1.165, 1.54) is 0 Å². The van der Waals surface area contributed by atoms with Gasteiger partial charge in [0.15, 0.2) is 28.8 Å². The van der Waals surface area contributed by atoms with Crippen LogP contribution in [-0.4, -0.2) is 36.2 Å². The molecule has 0 atom stereocenters. The smallest absolute Gasteiger partial charge is 0.272 e. The minimum absolute atomic E-state index is 0.126. The third-order valence-corrected chi connectivity index (χ3v) is 5.25. The maximum absolute atomic E-state index is 12.7. The van der Waals surface area contributed by atoms with Gasteiger partial charge in [0.25, 0.3) is 5.91 Å². The lowest BCUT2D eigenvalue weighted by atomic mass is 10.2. The Hall–Kier alpha value is -3.88. The molecule has 0 aliphatic heterocycles. The number of thiophene rings is 1. The van der Waals surface area contributed by atoms with E-state index in [9.17, 15) is 4.79 Å². The summed E-state index contributed by atoms with van der Waals surface area (Å²) < 4.78 is 12.2. The molecule has 1 aromatic carbocycles. The third kappa shape index (κ3) is 5.19. The average Bonchev–Trinajstić information content (AvgIpc) is 3.42. The first kappa shape index (κ1) is 21.8. The number of carbonyl (C=O) groups is 1. The van der Waals surface area contributed by atoms with Gasteiger partial charge in [0.2, 0.25) is 0 Å². The molecule has 31 heavy (non-hydrogen) atoms. The first-order chi connectivity index (χ1) is 15.1. The molecule has 3 aromatic rings. The summed E-state index contributed by atoms with van der Waals surface area (Å²) in [6.07, 6.45) is 5.27. The maximum Gasteiger partial charge on any atom is 0.272 e. The number of nitrogens with one attached hydrogen (secondary N) is 2. The topological polar surface area (TPSA) is 77.4 Å². The quantitative estimate of drug-likeness (QED) is 0.559. The molecule has 0 unspecified atom stereocenters. The van der Waals surface area contributed by atoms with Crippen molar-refractivity contribution in [3.8, 4) is 35.7 Å². The molecule has 0 saturated carbocycles. The molecule has 0 bridgehead atoms. The van der Waals surface area contributed by atoms with E-state index in [0.29, 0.717) is 35.4 Å². The van der Waals surface area contributed by atoms with E-state index in [-0.39, 0.29) is 12.5 Å². The molecule has 0 fully saturated rings. The number of hydrogen-bond donors (Lipinski definition) is 2. The lowest BCUT2D eigenvalue weighted by Gasteiger charge is -2.07. The van der Waals surface area contributed by atoms with Crippen molar-refractivity contribution in [1.29, 1.82) is 0 Å². The van der Waals surface area contributed by atoms with Crippen LogP contribution in [0.4, 0.5) is 5.82 Å². The van der Waals surface area contributed by atoms with Crippen molar-refractivity contribution in [3.63, 3.8) is 0 Å². The van der Waals surface area contributed by atoms with Gasteiger partial charge in [0, 0.05) is 17.5 Å². The van der Waals surface area contributed by atoms with Crippen LogP contribution in [0.25, 0.3) is 0 Å². The highest BCUT2D eigenvalue weighted by molar-refractivity contribution is 7.09. The number of benzene rings is 1. The van der Waals surface area contributed by atoms with Crippen molar-refractivity contribution in [2.75, 3.05) is 26.1 Å². The SMILES string of the molecule is C#CCNC(=O)c1c(NCc2cccs2)nc(C#Cc2ccc(OC)c(OC)c2)n1C. The summed E-state index contributed by atoms with van der Waals surface area (Å²) in [5.41, 5.74) is 1.09. The summed E-state index contributed by atoms with van der Waals surface area (Å²) in [6, 6.07) is 9.38. The highest BCUT2D eigenvalue weighted by Crippen LogP contribution is 2.27. The molecule has 0 saturated heterocycles. The molecule has 2 heterocycles. The van der Waals surface area contributed by atoms with Crippen LogP contribution in [0.2, 0.25) is 0 Å². The summed E-state index contributed by atoms with van der Waals surface area (Å²) in [6.45, 7) is 0.674. The van der Waals surface area contributed by atoms with Crippen molar-refractivity contribution in [1.82, 2.24) is 14.9 Å². The molecule has 3 rings (SSSR count). The van der Waals surface area contributed by atoms with E-state index >= 15 is 0 Å². The van der Waals surface area contributed by atoms with Crippen LogP contribution in [-0.2, 0) is 13.6 Å². The zero-order chi connectivity index (χ0) is 22.2. The molecular weight excluding hydrogens is 412 g/mol. The van der Waals surface area contributed by atoms with E-state index in [0.717, 1.165) is 10.4 Å². The molecule has 0 radical (unpaired) electrons. The van der Waals surface area contributed by atoms with Gasteiger partial charge in [-0.3, -0.25) is 4.79 Å². The van der Waals surface area contributed by atoms with Crippen LogP contribution in [0.1, 0.15) is 26.8 Å². The fourth-order valence-electron chi connectivity index (χ4n) is 2.83. The van der Waals surface area contributed by atoms with Crippen molar-refractivity contribution >= 4 is 23.1 Å². The van der Waals surface area contributed by atoms with Crippen LogP contribution >= 0.6 is 11.3 Å². The largest absolute Gasteiger partial charge is 0.493 e. The minimum Gasteiger partial charge on any atom is -0.493 e. The molecule has 158 valence electrons. The zero-order valence-corrected chi connectivity index (χ0v) is 18.3. The second-order valence-electron chi connectivity index (χ2n) is 6.33. The Morgan fingerprint density at radius 3 is 2.71 bits per heavy atom. The van der Waals surface area contributed by atoms with E-state index < -0.39 is 0 Å². The van der Waals surface area contributed by atoms with Gasteiger partial charge in [-0.25, -0.2) is 4.98 Å². The molecule has 8 heteroatoms. The van der Waals surface area contributed by atoms with Gasteiger partial charge in [0.05, 0.1) is 27.3 Å². The number of aromatic nitrogens is 2. The Bertz CT molecular complexity index is 1160. The Balaban J connectivity index is 1.93. The third-order valence-electron chi connectivity index (χ3n) is 4.37. The van der Waals surface area contributed by atoms with Crippen molar-refractivity contribution in [3.05, 3.63) is 57.7 Å². The van der Waals surface area contributed by atoms with Gasteiger partial charge in [-0.05, 0) is 35.6 Å². The van der Waals surface area contributed by atoms with Crippen LogP contribution in [0.15, 0.2) is 35.7 Å². The highest BCUT2D eigenvalue weighted by Gasteiger charge is 2.20. The Labute approximate surface area is 185 Å². The lowest BCUT2D eigenvalue weighted by molar-refractivity contribution is 0.0951. The summed E-state index contributed by atoms with van der Waals surface area (Å²) in [7, 11) is 4.89. The second-order valence-corrected chi connectivity index (χ2v) is 7.36. The zero-order valence-electron chi connectivity index (χ0n) is 17.5. The van der Waals surface area contributed by atoms with E-state index in [2.05, 4.69) is 33.4 Å². The fraction of sp³-hybridized carbons (Fsp3) is 0.217. The first-order valence-electron chi connectivity index (χ1n) is 9.36. The average molecular weight is 435 g/mol. The van der Waals surface area contributed by atoms with Gasteiger partial charge in [0.1, 0.15) is 0 Å². The normalized spacial score (nSPS) is 9.87. The highest BCUT2D eigenvalue weighted by atomic mass is 32.1. The van der Waals surface area contributed by atoms with Gasteiger partial charge in [-0.1, -0.05) is 17.9 Å². The molecule has 1 amide bonds.